The second kappa shape index (κ2) is 9.56. The van der Waals surface area contributed by atoms with Crippen LogP contribution < -0.4 is 0 Å². The highest BCUT2D eigenvalue weighted by Gasteiger charge is 2.12. The van der Waals surface area contributed by atoms with Gasteiger partial charge in [-0.05, 0) is 36.4 Å². The Kier molecular flexibility index (Phi) is 6.88. The van der Waals surface area contributed by atoms with Crippen LogP contribution in [0, 0.1) is 11.8 Å². The second-order valence-electron chi connectivity index (χ2n) is 5.42. The normalized spacial score (nSPS) is 10.3. The number of hydrogen-bond acceptors (Lipinski definition) is 8. The van der Waals surface area contributed by atoms with Crippen molar-refractivity contribution in [1.29, 1.82) is 0 Å². The molecular formula is C19H12Cl2N2O5S. The molecule has 0 saturated heterocycles. The average Bonchev–Trinajstić information content (AvgIpc) is 3.15. The maximum atomic E-state index is 11.8. The summed E-state index contributed by atoms with van der Waals surface area (Å²) in [6.07, 6.45) is 0. The summed E-state index contributed by atoms with van der Waals surface area (Å²) in [6.45, 7) is -0.128. The SMILES string of the molecule is O=C(OCC#CCSc1nnc(-c2ccc(Cl)cc2Cl)o1)c1ccc(O)c(O)c1. The van der Waals surface area contributed by atoms with Gasteiger partial charge in [-0.15, -0.1) is 10.2 Å². The van der Waals surface area contributed by atoms with Crippen LogP contribution in [-0.4, -0.2) is 38.7 Å². The molecule has 0 bridgehead atoms. The number of carbonyl (C=O) groups is 1. The number of hydrogen-bond donors (Lipinski definition) is 2. The number of carbonyl (C=O) groups excluding carboxylic acids is 1. The highest BCUT2D eigenvalue weighted by Crippen LogP contribution is 2.31. The topological polar surface area (TPSA) is 106 Å². The summed E-state index contributed by atoms with van der Waals surface area (Å²) in [7, 11) is 0. The van der Waals surface area contributed by atoms with E-state index in [4.69, 9.17) is 32.4 Å². The molecule has 0 aliphatic carbocycles. The molecule has 148 valence electrons. The van der Waals surface area contributed by atoms with E-state index >= 15 is 0 Å². The average molecular weight is 451 g/mol. The monoisotopic (exact) mass is 450 g/mol. The molecule has 2 aromatic carbocycles. The lowest BCUT2D eigenvalue weighted by Crippen LogP contribution is -2.05. The predicted molar refractivity (Wildman–Crippen MR) is 108 cm³/mol. The van der Waals surface area contributed by atoms with Crippen LogP contribution in [0.1, 0.15) is 10.4 Å². The third-order valence-electron chi connectivity index (χ3n) is 3.45. The molecule has 3 aromatic rings. The number of aromatic hydroxyl groups is 2. The van der Waals surface area contributed by atoms with E-state index in [0.717, 1.165) is 6.07 Å². The maximum Gasteiger partial charge on any atom is 0.339 e. The number of phenols is 2. The molecule has 0 saturated carbocycles. The van der Waals surface area contributed by atoms with Crippen LogP contribution >= 0.6 is 35.0 Å². The lowest BCUT2D eigenvalue weighted by molar-refractivity contribution is 0.0556. The molecule has 0 radical (unpaired) electrons. The first-order valence-corrected chi connectivity index (χ1v) is 9.75. The summed E-state index contributed by atoms with van der Waals surface area (Å²) in [5.74, 6) is 4.72. The zero-order valence-corrected chi connectivity index (χ0v) is 16.9. The van der Waals surface area contributed by atoms with Gasteiger partial charge in [-0.3, -0.25) is 0 Å². The molecule has 2 N–H and O–H groups in total. The van der Waals surface area contributed by atoms with E-state index in [0.29, 0.717) is 26.6 Å². The van der Waals surface area contributed by atoms with Crippen LogP contribution in [0.2, 0.25) is 10.0 Å². The van der Waals surface area contributed by atoms with Crippen LogP contribution in [0.3, 0.4) is 0 Å². The third kappa shape index (κ3) is 5.57. The molecule has 0 spiro atoms. The molecule has 0 atom stereocenters. The minimum Gasteiger partial charge on any atom is -0.504 e. The number of rotatable bonds is 5. The van der Waals surface area contributed by atoms with E-state index in [-0.39, 0.29) is 23.8 Å². The summed E-state index contributed by atoms with van der Waals surface area (Å²) in [5.41, 5.74) is 0.685. The van der Waals surface area contributed by atoms with Gasteiger partial charge in [0.1, 0.15) is 0 Å². The van der Waals surface area contributed by atoms with E-state index in [1.54, 1.807) is 18.2 Å². The van der Waals surface area contributed by atoms with Gasteiger partial charge in [0, 0.05) is 5.02 Å². The molecule has 0 amide bonds. The molecule has 3 rings (SSSR count). The minimum absolute atomic E-state index is 0.107. The fourth-order valence-electron chi connectivity index (χ4n) is 2.08. The number of nitrogens with zero attached hydrogens (tertiary/aromatic N) is 2. The fourth-order valence-corrected chi connectivity index (χ4v) is 3.10. The quantitative estimate of drug-likeness (QED) is 0.255. The van der Waals surface area contributed by atoms with Crippen molar-refractivity contribution in [3.8, 4) is 34.8 Å². The van der Waals surface area contributed by atoms with Crippen LogP contribution in [0.15, 0.2) is 46.0 Å². The Morgan fingerprint density at radius 3 is 2.69 bits per heavy atom. The van der Waals surface area contributed by atoms with Crippen LogP contribution in [0.5, 0.6) is 11.5 Å². The Hall–Kier alpha value is -2.86. The van der Waals surface area contributed by atoms with Crippen molar-refractivity contribution in [2.75, 3.05) is 12.4 Å². The first-order valence-electron chi connectivity index (χ1n) is 8.00. The van der Waals surface area contributed by atoms with Crippen molar-refractivity contribution in [3.63, 3.8) is 0 Å². The molecule has 29 heavy (non-hydrogen) atoms. The summed E-state index contributed by atoms with van der Waals surface area (Å²) >= 11 is 13.2. The number of halogens is 2. The number of thioether (sulfide) groups is 1. The highest BCUT2D eigenvalue weighted by molar-refractivity contribution is 7.99. The van der Waals surface area contributed by atoms with Gasteiger partial charge in [0.05, 0.1) is 21.9 Å². The molecule has 0 aliphatic heterocycles. The maximum absolute atomic E-state index is 11.8. The molecule has 7 nitrogen and oxygen atoms in total. The van der Waals surface area contributed by atoms with Gasteiger partial charge < -0.3 is 19.4 Å². The van der Waals surface area contributed by atoms with Crippen molar-refractivity contribution in [2.45, 2.75) is 5.22 Å². The van der Waals surface area contributed by atoms with Gasteiger partial charge in [-0.2, -0.15) is 0 Å². The first kappa shape index (κ1) is 20.9. The van der Waals surface area contributed by atoms with Crippen molar-refractivity contribution in [3.05, 3.63) is 52.0 Å². The number of phenolic OH excluding ortho intramolecular Hbond substituents is 2. The Morgan fingerprint density at radius 1 is 1.10 bits per heavy atom. The fraction of sp³-hybridized carbons (Fsp3) is 0.105. The van der Waals surface area contributed by atoms with Crippen molar-refractivity contribution < 1.29 is 24.2 Å². The Balaban J connectivity index is 1.47. The lowest BCUT2D eigenvalue weighted by Gasteiger charge is -2.02. The second-order valence-corrected chi connectivity index (χ2v) is 7.19. The number of esters is 1. The number of benzene rings is 2. The van der Waals surface area contributed by atoms with Gasteiger partial charge in [-0.1, -0.05) is 46.8 Å². The summed E-state index contributed by atoms with van der Waals surface area (Å²) in [4.78, 5) is 11.8. The standard InChI is InChI=1S/C19H12Cl2N2O5S/c20-12-4-5-13(14(21)10-12)17-22-23-19(28-17)29-8-2-1-7-27-18(26)11-3-6-15(24)16(25)9-11/h3-6,9-10,24-25H,7-8H2. The van der Waals surface area contributed by atoms with E-state index in [2.05, 4.69) is 22.0 Å². The van der Waals surface area contributed by atoms with Crippen LogP contribution in [-0.2, 0) is 4.74 Å². The molecule has 1 aromatic heterocycles. The zero-order chi connectivity index (χ0) is 20.8. The highest BCUT2D eigenvalue weighted by atomic mass is 35.5. The summed E-state index contributed by atoms with van der Waals surface area (Å²) < 4.78 is 10.5. The van der Waals surface area contributed by atoms with Crippen LogP contribution in [0.25, 0.3) is 11.5 Å². The van der Waals surface area contributed by atoms with Gasteiger partial charge >= 0.3 is 5.97 Å². The Morgan fingerprint density at radius 2 is 1.93 bits per heavy atom. The molecule has 10 heteroatoms. The van der Waals surface area contributed by atoms with E-state index in [9.17, 15) is 15.0 Å². The number of ether oxygens (including phenoxy) is 1. The van der Waals surface area contributed by atoms with Crippen molar-refractivity contribution in [2.24, 2.45) is 0 Å². The van der Waals surface area contributed by atoms with E-state index in [1.807, 2.05) is 0 Å². The molecule has 0 fully saturated rings. The van der Waals surface area contributed by atoms with Crippen LogP contribution in [0.4, 0.5) is 0 Å². The molecule has 0 unspecified atom stereocenters. The largest absolute Gasteiger partial charge is 0.504 e. The zero-order valence-electron chi connectivity index (χ0n) is 14.6. The smallest absolute Gasteiger partial charge is 0.339 e. The van der Waals surface area contributed by atoms with Gasteiger partial charge in [0.15, 0.2) is 18.1 Å². The van der Waals surface area contributed by atoms with Gasteiger partial charge in [0.2, 0.25) is 5.89 Å². The van der Waals surface area contributed by atoms with Gasteiger partial charge in [0.25, 0.3) is 5.22 Å². The van der Waals surface area contributed by atoms with E-state index < -0.39 is 11.7 Å². The van der Waals surface area contributed by atoms with E-state index in [1.165, 1.54) is 23.9 Å². The molecular weight excluding hydrogens is 439 g/mol. The van der Waals surface area contributed by atoms with Crippen molar-refractivity contribution >= 4 is 40.9 Å². The molecule has 1 heterocycles. The summed E-state index contributed by atoms with van der Waals surface area (Å²) in [5, 5.41) is 27.7. The predicted octanol–water partition coefficient (Wildman–Crippen LogP) is 4.41. The van der Waals surface area contributed by atoms with Gasteiger partial charge in [-0.25, -0.2) is 4.79 Å². The first-order chi connectivity index (χ1) is 13.9. The summed E-state index contributed by atoms with van der Waals surface area (Å²) in [6, 6.07) is 8.59. The molecule has 0 aliphatic rings. The Bertz CT molecular complexity index is 1110. The third-order valence-corrected chi connectivity index (χ3v) is 4.70. The Labute approximate surface area is 179 Å². The van der Waals surface area contributed by atoms with Crippen molar-refractivity contribution in [1.82, 2.24) is 10.2 Å². The number of aromatic nitrogens is 2. The minimum atomic E-state index is -0.663. The lowest BCUT2D eigenvalue weighted by atomic mass is 10.2.